The summed E-state index contributed by atoms with van der Waals surface area (Å²) in [5.74, 6) is -0.272. The average Bonchev–Trinajstić information content (AvgIpc) is 2.68. The van der Waals surface area contributed by atoms with Gasteiger partial charge in [0.05, 0.1) is 10.8 Å². The van der Waals surface area contributed by atoms with Crippen molar-refractivity contribution in [2.45, 2.75) is 23.2 Å². The molecule has 144 valence electrons. The standard InChI is InChI=1S/C22H18F3NOS/c1-15(28-18-11-7-10-17(14-18)22(23,24)25)21(27)26-20-13-6-5-12-19(20)16-8-3-2-4-9-16/h2-15H,1H3,(H,26,27)/t15-/m0/s1. The molecule has 0 bridgehead atoms. The molecule has 0 aromatic heterocycles. The molecule has 3 aromatic rings. The van der Waals surface area contributed by atoms with Gasteiger partial charge in [-0.15, -0.1) is 11.8 Å². The monoisotopic (exact) mass is 401 g/mol. The van der Waals surface area contributed by atoms with Gasteiger partial charge in [-0.2, -0.15) is 13.2 Å². The first-order valence-corrected chi connectivity index (χ1v) is 9.52. The van der Waals surface area contributed by atoms with Gasteiger partial charge in [0.1, 0.15) is 0 Å². The van der Waals surface area contributed by atoms with Crippen molar-refractivity contribution in [1.29, 1.82) is 0 Å². The molecule has 0 aliphatic heterocycles. The van der Waals surface area contributed by atoms with Crippen molar-refractivity contribution < 1.29 is 18.0 Å². The molecule has 0 fully saturated rings. The first kappa shape index (κ1) is 20.0. The normalized spacial score (nSPS) is 12.4. The van der Waals surface area contributed by atoms with Gasteiger partial charge in [0.25, 0.3) is 0 Å². The van der Waals surface area contributed by atoms with Crippen LogP contribution in [0.4, 0.5) is 18.9 Å². The van der Waals surface area contributed by atoms with Crippen LogP contribution < -0.4 is 5.32 Å². The molecule has 1 atom stereocenters. The van der Waals surface area contributed by atoms with Crippen molar-refractivity contribution in [3.63, 3.8) is 0 Å². The zero-order valence-corrected chi connectivity index (χ0v) is 15.8. The number of amides is 1. The molecule has 1 amide bonds. The van der Waals surface area contributed by atoms with E-state index in [9.17, 15) is 18.0 Å². The molecule has 3 aromatic carbocycles. The lowest BCUT2D eigenvalue weighted by Crippen LogP contribution is -2.22. The molecule has 0 heterocycles. The van der Waals surface area contributed by atoms with Crippen LogP contribution in [0, 0.1) is 0 Å². The number of hydrogen-bond donors (Lipinski definition) is 1. The molecule has 28 heavy (non-hydrogen) atoms. The lowest BCUT2D eigenvalue weighted by atomic mass is 10.0. The summed E-state index contributed by atoms with van der Waals surface area (Å²) < 4.78 is 38.6. The Labute approximate surface area is 165 Å². The predicted octanol–water partition coefficient (Wildman–Crippen LogP) is 6.49. The summed E-state index contributed by atoms with van der Waals surface area (Å²) in [7, 11) is 0. The number of para-hydroxylation sites is 1. The maximum Gasteiger partial charge on any atom is 0.416 e. The molecule has 0 saturated heterocycles. The minimum Gasteiger partial charge on any atom is -0.325 e. The van der Waals surface area contributed by atoms with Gasteiger partial charge in [0, 0.05) is 16.1 Å². The summed E-state index contributed by atoms with van der Waals surface area (Å²) >= 11 is 1.09. The van der Waals surface area contributed by atoms with Gasteiger partial charge < -0.3 is 5.32 Å². The van der Waals surface area contributed by atoms with E-state index in [-0.39, 0.29) is 5.91 Å². The molecular weight excluding hydrogens is 383 g/mol. The SMILES string of the molecule is C[C@H](Sc1cccc(C(F)(F)F)c1)C(=O)Nc1ccccc1-c1ccccc1. The second kappa shape index (κ2) is 8.52. The lowest BCUT2D eigenvalue weighted by molar-refractivity contribution is -0.137. The fourth-order valence-electron chi connectivity index (χ4n) is 2.70. The first-order chi connectivity index (χ1) is 13.3. The largest absolute Gasteiger partial charge is 0.416 e. The Hall–Kier alpha value is -2.73. The molecule has 0 radical (unpaired) electrons. The highest BCUT2D eigenvalue weighted by molar-refractivity contribution is 8.00. The molecule has 0 spiro atoms. The lowest BCUT2D eigenvalue weighted by Gasteiger charge is -2.15. The van der Waals surface area contributed by atoms with E-state index in [1.807, 2.05) is 54.6 Å². The Bertz CT molecular complexity index is 957. The molecule has 0 aliphatic carbocycles. The third-order valence-electron chi connectivity index (χ3n) is 4.11. The van der Waals surface area contributed by atoms with Crippen molar-refractivity contribution in [2.24, 2.45) is 0 Å². The van der Waals surface area contributed by atoms with Crippen LogP contribution in [0.2, 0.25) is 0 Å². The average molecular weight is 401 g/mol. The molecular formula is C22H18F3NOS. The second-order valence-corrected chi connectivity index (χ2v) is 7.60. The summed E-state index contributed by atoms with van der Waals surface area (Å²) in [6.07, 6.45) is -4.41. The van der Waals surface area contributed by atoms with Crippen molar-refractivity contribution in [3.05, 3.63) is 84.4 Å². The van der Waals surface area contributed by atoms with Gasteiger partial charge in [0.2, 0.25) is 5.91 Å². The summed E-state index contributed by atoms with van der Waals surface area (Å²) in [4.78, 5) is 13.0. The number of rotatable bonds is 5. The summed E-state index contributed by atoms with van der Waals surface area (Å²) in [6.45, 7) is 1.67. The number of carbonyl (C=O) groups excluding carboxylic acids is 1. The Morgan fingerprint density at radius 1 is 0.929 bits per heavy atom. The van der Waals surface area contributed by atoms with Gasteiger partial charge in [-0.25, -0.2) is 0 Å². The van der Waals surface area contributed by atoms with Crippen LogP contribution in [0.1, 0.15) is 12.5 Å². The van der Waals surface area contributed by atoms with Crippen LogP contribution in [0.15, 0.2) is 83.8 Å². The zero-order valence-electron chi connectivity index (χ0n) is 15.0. The molecule has 1 N–H and O–H groups in total. The number of carbonyl (C=O) groups is 1. The van der Waals surface area contributed by atoms with Gasteiger partial charge in [-0.05, 0) is 36.8 Å². The van der Waals surface area contributed by atoms with Crippen LogP contribution in [0.25, 0.3) is 11.1 Å². The van der Waals surface area contributed by atoms with E-state index in [0.29, 0.717) is 10.6 Å². The number of thioether (sulfide) groups is 1. The van der Waals surface area contributed by atoms with E-state index in [1.165, 1.54) is 6.07 Å². The van der Waals surface area contributed by atoms with E-state index >= 15 is 0 Å². The highest BCUT2D eigenvalue weighted by Gasteiger charge is 2.30. The molecule has 6 heteroatoms. The fraction of sp³-hybridized carbons (Fsp3) is 0.136. The third-order valence-corrected chi connectivity index (χ3v) is 5.21. The van der Waals surface area contributed by atoms with Gasteiger partial charge in [-0.3, -0.25) is 4.79 Å². The van der Waals surface area contributed by atoms with E-state index in [2.05, 4.69) is 5.32 Å². The van der Waals surface area contributed by atoms with Crippen molar-refractivity contribution in [1.82, 2.24) is 0 Å². The third kappa shape index (κ3) is 4.95. The number of nitrogens with one attached hydrogen (secondary N) is 1. The minimum atomic E-state index is -4.41. The molecule has 0 unspecified atom stereocenters. The summed E-state index contributed by atoms with van der Waals surface area (Å²) in [5.41, 5.74) is 1.79. The molecule has 0 aliphatic rings. The number of alkyl halides is 3. The molecule has 2 nitrogen and oxygen atoms in total. The van der Waals surface area contributed by atoms with Crippen LogP contribution in [-0.4, -0.2) is 11.2 Å². The minimum absolute atomic E-state index is 0.272. The number of anilines is 1. The highest BCUT2D eigenvalue weighted by Crippen LogP contribution is 2.34. The van der Waals surface area contributed by atoms with E-state index in [4.69, 9.17) is 0 Å². The summed E-state index contributed by atoms with van der Waals surface area (Å²) in [6, 6.07) is 22.1. The smallest absolute Gasteiger partial charge is 0.325 e. The van der Waals surface area contributed by atoms with E-state index < -0.39 is 17.0 Å². The van der Waals surface area contributed by atoms with Gasteiger partial charge >= 0.3 is 6.18 Å². The molecule has 0 saturated carbocycles. The maximum atomic E-state index is 12.9. The predicted molar refractivity (Wildman–Crippen MR) is 107 cm³/mol. The Morgan fingerprint density at radius 3 is 2.32 bits per heavy atom. The Morgan fingerprint density at radius 2 is 1.61 bits per heavy atom. The highest BCUT2D eigenvalue weighted by atomic mass is 32.2. The number of halogens is 3. The topological polar surface area (TPSA) is 29.1 Å². The van der Waals surface area contributed by atoms with Crippen molar-refractivity contribution in [3.8, 4) is 11.1 Å². The molecule has 3 rings (SSSR count). The van der Waals surface area contributed by atoms with Crippen LogP contribution in [0.5, 0.6) is 0 Å². The van der Waals surface area contributed by atoms with Crippen LogP contribution >= 0.6 is 11.8 Å². The van der Waals surface area contributed by atoms with Crippen molar-refractivity contribution in [2.75, 3.05) is 5.32 Å². The van der Waals surface area contributed by atoms with E-state index in [0.717, 1.165) is 35.0 Å². The second-order valence-electron chi connectivity index (χ2n) is 6.19. The van der Waals surface area contributed by atoms with Crippen LogP contribution in [0.3, 0.4) is 0 Å². The Balaban J connectivity index is 1.74. The fourth-order valence-corrected chi connectivity index (χ4v) is 3.63. The summed E-state index contributed by atoms with van der Waals surface area (Å²) in [5, 5.41) is 2.33. The first-order valence-electron chi connectivity index (χ1n) is 8.64. The zero-order chi connectivity index (χ0) is 20.1. The quantitative estimate of drug-likeness (QED) is 0.495. The number of benzene rings is 3. The van der Waals surface area contributed by atoms with E-state index in [1.54, 1.807) is 13.0 Å². The van der Waals surface area contributed by atoms with Crippen LogP contribution in [-0.2, 0) is 11.0 Å². The Kier molecular flexibility index (Phi) is 6.09. The van der Waals surface area contributed by atoms with Gasteiger partial charge in [0.15, 0.2) is 0 Å². The number of hydrogen-bond acceptors (Lipinski definition) is 2. The maximum absolute atomic E-state index is 12.9. The van der Waals surface area contributed by atoms with Crippen molar-refractivity contribution >= 4 is 23.4 Å². The van der Waals surface area contributed by atoms with Gasteiger partial charge in [-0.1, -0.05) is 54.6 Å².